The van der Waals surface area contributed by atoms with Gasteiger partial charge in [-0.15, -0.1) is 0 Å². The number of rotatable bonds is 0. The van der Waals surface area contributed by atoms with E-state index in [0.717, 1.165) is 19.3 Å². The number of hydrogen-bond donors (Lipinski definition) is 0. The van der Waals surface area contributed by atoms with Gasteiger partial charge in [-0.25, -0.2) is 0 Å². The van der Waals surface area contributed by atoms with Gasteiger partial charge in [-0.1, -0.05) is 37.1 Å². The van der Waals surface area contributed by atoms with Crippen molar-refractivity contribution in [2.45, 2.75) is 43.6 Å². The average Bonchev–Trinajstić information content (AvgIpc) is 2.39. The lowest BCUT2D eigenvalue weighted by Gasteiger charge is -2.53. The van der Waals surface area contributed by atoms with Crippen LogP contribution >= 0.6 is 0 Å². The summed E-state index contributed by atoms with van der Waals surface area (Å²) in [7, 11) is 0. The fraction of sp³-hybridized carbons (Fsp3) is 0.533. The molecule has 2 nitrogen and oxygen atoms in total. The molecule has 17 heavy (non-hydrogen) atoms. The first-order valence-corrected chi connectivity index (χ1v) is 6.63. The number of carbonyl (C=O) groups is 1. The van der Waals surface area contributed by atoms with Crippen LogP contribution in [0, 0.1) is 5.92 Å². The molecule has 2 aliphatic heterocycles. The second kappa shape index (κ2) is 3.12. The molecule has 1 spiro atoms. The highest BCUT2D eigenvalue weighted by Gasteiger charge is 2.58. The van der Waals surface area contributed by atoms with Crippen molar-refractivity contribution < 1.29 is 9.53 Å². The van der Waals surface area contributed by atoms with E-state index in [1.165, 1.54) is 24.0 Å². The Balaban J connectivity index is 1.98. The third kappa shape index (κ3) is 1.04. The molecule has 3 atom stereocenters. The van der Waals surface area contributed by atoms with Crippen molar-refractivity contribution >= 4 is 5.97 Å². The van der Waals surface area contributed by atoms with Crippen molar-refractivity contribution in [3.8, 4) is 0 Å². The molecular weight excluding hydrogens is 212 g/mol. The first kappa shape index (κ1) is 9.69. The Morgan fingerprint density at radius 2 is 2.12 bits per heavy atom. The maximum absolute atomic E-state index is 12.4. The third-order valence-corrected chi connectivity index (χ3v) is 4.97. The van der Waals surface area contributed by atoms with Gasteiger partial charge in [-0.05, 0) is 36.3 Å². The molecule has 88 valence electrons. The quantitative estimate of drug-likeness (QED) is 0.638. The molecule has 1 aromatic rings. The third-order valence-electron chi connectivity index (χ3n) is 4.97. The summed E-state index contributed by atoms with van der Waals surface area (Å²) in [5, 5.41) is 0. The molecule has 2 heterocycles. The molecule has 2 heteroatoms. The summed E-state index contributed by atoms with van der Waals surface area (Å²) in [5.41, 5.74) is 2.26. The predicted molar refractivity (Wildman–Crippen MR) is 63.5 cm³/mol. The smallest absolute Gasteiger partial charge is 0.317 e. The highest BCUT2D eigenvalue weighted by Crippen LogP contribution is 2.58. The monoisotopic (exact) mass is 228 g/mol. The van der Waals surface area contributed by atoms with E-state index < -0.39 is 0 Å². The number of ether oxygens (including phenoxy) is 1. The van der Waals surface area contributed by atoms with Crippen LogP contribution in [0.4, 0.5) is 0 Å². The van der Waals surface area contributed by atoms with Crippen LogP contribution in [0.3, 0.4) is 0 Å². The van der Waals surface area contributed by atoms with Crippen LogP contribution in [0.25, 0.3) is 0 Å². The van der Waals surface area contributed by atoms with Crippen LogP contribution in [0.2, 0.25) is 0 Å². The normalized spacial score (nSPS) is 38.2. The summed E-state index contributed by atoms with van der Waals surface area (Å²) in [4.78, 5) is 12.4. The van der Waals surface area contributed by atoms with Crippen molar-refractivity contribution in [1.29, 1.82) is 0 Å². The summed E-state index contributed by atoms with van der Waals surface area (Å²) in [6, 6.07) is 8.41. The van der Waals surface area contributed by atoms with Gasteiger partial charge in [0.05, 0.1) is 5.41 Å². The van der Waals surface area contributed by atoms with Gasteiger partial charge in [0.25, 0.3) is 0 Å². The summed E-state index contributed by atoms with van der Waals surface area (Å²) in [6.07, 6.45) is 5.69. The fourth-order valence-electron chi connectivity index (χ4n) is 4.21. The lowest BCUT2D eigenvalue weighted by Crippen LogP contribution is -2.55. The number of esters is 1. The Bertz CT molecular complexity index is 493. The molecule has 0 amide bonds. The topological polar surface area (TPSA) is 26.3 Å². The molecule has 1 aromatic carbocycles. The predicted octanol–water partition coefficient (Wildman–Crippen LogP) is 3.12. The van der Waals surface area contributed by atoms with Gasteiger partial charge < -0.3 is 4.74 Å². The fourth-order valence-corrected chi connectivity index (χ4v) is 4.21. The highest BCUT2D eigenvalue weighted by molar-refractivity contribution is 5.87. The zero-order valence-electron chi connectivity index (χ0n) is 9.82. The van der Waals surface area contributed by atoms with E-state index in [2.05, 4.69) is 24.3 Å². The highest BCUT2D eigenvalue weighted by atomic mass is 16.5. The molecule has 5 rings (SSSR count). The Labute approximate surface area is 101 Å². The van der Waals surface area contributed by atoms with Crippen molar-refractivity contribution in [3.05, 3.63) is 35.4 Å². The molecule has 2 bridgehead atoms. The second-order valence-electron chi connectivity index (χ2n) is 5.63. The minimum Gasteiger partial charge on any atom is -0.457 e. The van der Waals surface area contributed by atoms with E-state index >= 15 is 0 Å². The van der Waals surface area contributed by atoms with E-state index in [-0.39, 0.29) is 17.5 Å². The van der Waals surface area contributed by atoms with Crippen molar-refractivity contribution in [2.24, 2.45) is 5.92 Å². The molecule has 1 saturated heterocycles. The van der Waals surface area contributed by atoms with Crippen LogP contribution in [0.1, 0.15) is 49.3 Å². The lowest BCUT2D eigenvalue weighted by molar-refractivity contribution is -0.176. The Hall–Kier alpha value is -1.31. The van der Waals surface area contributed by atoms with Gasteiger partial charge in [-0.2, -0.15) is 0 Å². The molecule has 2 fully saturated rings. The van der Waals surface area contributed by atoms with E-state index in [0.29, 0.717) is 5.92 Å². The van der Waals surface area contributed by atoms with Crippen LogP contribution < -0.4 is 0 Å². The molecule has 4 aliphatic rings. The zero-order valence-corrected chi connectivity index (χ0v) is 9.82. The first-order chi connectivity index (χ1) is 8.32. The van der Waals surface area contributed by atoms with E-state index in [1.54, 1.807) is 0 Å². The maximum Gasteiger partial charge on any atom is 0.317 e. The molecule has 0 aromatic heterocycles. The standard InChI is InChI=1S/C15H16O2/c16-14-15-8-4-3-5-10(15)9-13(17-14)11-6-1-2-7-12(11)15/h1-2,6-7,10,13H,3-5,8-9H2/t10-,13+,15-/m0/s1. The van der Waals surface area contributed by atoms with Crippen molar-refractivity contribution in [1.82, 2.24) is 0 Å². The van der Waals surface area contributed by atoms with Gasteiger partial charge in [0.15, 0.2) is 0 Å². The van der Waals surface area contributed by atoms with Gasteiger partial charge in [0, 0.05) is 0 Å². The van der Waals surface area contributed by atoms with Gasteiger partial charge in [-0.3, -0.25) is 4.79 Å². The lowest BCUT2D eigenvalue weighted by atomic mass is 9.55. The largest absolute Gasteiger partial charge is 0.457 e. The van der Waals surface area contributed by atoms with E-state index in [4.69, 9.17) is 4.74 Å². The summed E-state index contributed by atoms with van der Waals surface area (Å²) >= 11 is 0. The first-order valence-electron chi connectivity index (χ1n) is 6.63. The van der Waals surface area contributed by atoms with E-state index in [1.807, 2.05) is 0 Å². The summed E-state index contributed by atoms with van der Waals surface area (Å²) in [6.45, 7) is 0. The van der Waals surface area contributed by atoms with Gasteiger partial charge >= 0.3 is 5.97 Å². The zero-order chi connectivity index (χ0) is 11.5. The second-order valence-corrected chi connectivity index (χ2v) is 5.63. The molecule has 0 radical (unpaired) electrons. The minimum atomic E-state index is -0.288. The number of fused-ring (bicyclic) bond motifs is 1. The summed E-state index contributed by atoms with van der Waals surface area (Å²) < 4.78 is 5.63. The Morgan fingerprint density at radius 1 is 1.24 bits per heavy atom. The number of hydrogen-bond acceptors (Lipinski definition) is 2. The van der Waals surface area contributed by atoms with Crippen LogP contribution in [0.15, 0.2) is 24.3 Å². The Kier molecular flexibility index (Phi) is 1.78. The van der Waals surface area contributed by atoms with Crippen molar-refractivity contribution in [2.75, 3.05) is 0 Å². The molecule has 1 saturated carbocycles. The van der Waals surface area contributed by atoms with Crippen LogP contribution in [-0.2, 0) is 14.9 Å². The SMILES string of the molecule is O=C1O[C@@H]2C[C@@H]3CCCC[C@]13c1ccccc12. The number of carbonyl (C=O) groups excluding carboxylic acids is 1. The maximum atomic E-state index is 12.4. The van der Waals surface area contributed by atoms with Gasteiger partial charge in [0.2, 0.25) is 0 Å². The molecule has 2 aliphatic carbocycles. The molecular formula is C15H16O2. The molecule has 0 N–H and O–H groups in total. The van der Waals surface area contributed by atoms with E-state index in [9.17, 15) is 4.79 Å². The Morgan fingerprint density at radius 3 is 3.06 bits per heavy atom. The van der Waals surface area contributed by atoms with Crippen LogP contribution in [0.5, 0.6) is 0 Å². The summed E-state index contributed by atoms with van der Waals surface area (Å²) in [5.74, 6) is 0.578. The average molecular weight is 228 g/mol. The van der Waals surface area contributed by atoms with Gasteiger partial charge in [0.1, 0.15) is 6.10 Å². The minimum absolute atomic E-state index is 0.0312. The van der Waals surface area contributed by atoms with Crippen LogP contribution in [-0.4, -0.2) is 5.97 Å². The van der Waals surface area contributed by atoms with Crippen molar-refractivity contribution in [3.63, 3.8) is 0 Å². The molecule has 0 unspecified atom stereocenters. The number of benzene rings is 1.